The third kappa shape index (κ3) is 2.35. The first kappa shape index (κ1) is 13.9. The van der Waals surface area contributed by atoms with Crippen molar-refractivity contribution in [3.63, 3.8) is 0 Å². The third-order valence-corrected chi connectivity index (χ3v) is 5.69. The molecule has 0 heterocycles. The van der Waals surface area contributed by atoms with Crippen molar-refractivity contribution >= 4 is 17.6 Å². The molecule has 2 atom stereocenters. The van der Waals surface area contributed by atoms with Crippen molar-refractivity contribution in [3.8, 4) is 0 Å². The van der Waals surface area contributed by atoms with Crippen molar-refractivity contribution in [2.75, 3.05) is 7.11 Å². The zero-order chi connectivity index (χ0) is 14.2. The van der Waals surface area contributed by atoms with E-state index in [-0.39, 0.29) is 17.8 Å². The molecule has 2 aliphatic carbocycles. The fourth-order valence-corrected chi connectivity index (χ4v) is 4.32. The summed E-state index contributed by atoms with van der Waals surface area (Å²) >= 11 is 6.37. The van der Waals surface area contributed by atoms with Crippen LogP contribution < -0.4 is 0 Å². The highest BCUT2D eigenvalue weighted by atomic mass is 35.5. The monoisotopic (exact) mass is 292 g/mol. The molecule has 1 spiro atoms. The van der Waals surface area contributed by atoms with E-state index in [0.717, 1.165) is 29.8 Å². The van der Waals surface area contributed by atoms with Gasteiger partial charge in [-0.15, -0.1) is 0 Å². The second kappa shape index (κ2) is 5.40. The van der Waals surface area contributed by atoms with Gasteiger partial charge in [-0.1, -0.05) is 36.2 Å². The summed E-state index contributed by atoms with van der Waals surface area (Å²) in [6.07, 6.45) is 7.12. The van der Waals surface area contributed by atoms with Crippen molar-refractivity contribution in [2.45, 2.75) is 44.4 Å². The summed E-state index contributed by atoms with van der Waals surface area (Å²) in [5.74, 6) is 0.0976. The first-order valence-electron chi connectivity index (χ1n) is 7.47. The predicted octanol–water partition coefficient (Wildman–Crippen LogP) is 4.57. The molecule has 2 aliphatic rings. The summed E-state index contributed by atoms with van der Waals surface area (Å²) in [6, 6.07) is 7.95. The maximum Gasteiger partial charge on any atom is 0.309 e. The van der Waals surface area contributed by atoms with Crippen LogP contribution in [0.2, 0.25) is 5.02 Å². The van der Waals surface area contributed by atoms with Gasteiger partial charge in [-0.3, -0.25) is 4.79 Å². The molecule has 0 aliphatic heterocycles. The lowest BCUT2D eigenvalue weighted by Crippen LogP contribution is -2.40. The number of esters is 1. The molecular weight excluding hydrogens is 272 g/mol. The molecule has 0 saturated heterocycles. The molecule has 3 rings (SSSR count). The highest BCUT2D eigenvalue weighted by molar-refractivity contribution is 6.31. The molecular formula is C17H21ClO2. The SMILES string of the molecule is COC(=O)[C@@H]1CCC2(CCC2)C[C@H]1c1ccccc1Cl. The lowest BCUT2D eigenvalue weighted by Gasteiger charge is -2.50. The first-order chi connectivity index (χ1) is 9.65. The molecule has 0 N–H and O–H groups in total. The van der Waals surface area contributed by atoms with Gasteiger partial charge in [0.05, 0.1) is 13.0 Å². The maximum absolute atomic E-state index is 12.1. The Labute approximate surface area is 125 Å². The van der Waals surface area contributed by atoms with E-state index in [1.165, 1.54) is 26.4 Å². The Balaban J connectivity index is 1.92. The van der Waals surface area contributed by atoms with Gasteiger partial charge in [0.1, 0.15) is 0 Å². The van der Waals surface area contributed by atoms with Crippen LogP contribution in [0.4, 0.5) is 0 Å². The molecule has 20 heavy (non-hydrogen) atoms. The van der Waals surface area contributed by atoms with E-state index in [2.05, 4.69) is 6.07 Å². The number of rotatable bonds is 2. The summed E-state index contributed by atoms with van der Waals surface area (Å²) in [7, 11) is 1.49. The highest BCUT2D eigenvalue weighted by Crippen LogP contribution is 2.57. The molecule has 1 aromatic carbocycles. The number of carbonyl (C=O) groups is 1. The van der Waals surface area contributed by atoms with Gasteiger partial charge in [0.25, 0.3) is 0 Å². The van der Waals surface area contributed by atoms with Crippen LogP contribution >= 0.6 is 11.6 Å². The average molecular weight is 293 g/mol. The molecule has 0 unspecified atom stereocenters. The van der Waals surface area contributed by atoms with Crippen LogP contribution in [-0.4, -0.2) is 13.1 Å². The summed E-state index contributed by atoms with van der Waals surface area (Å²) in [6.45, 7) is 0. The van der Waals surface area contributed by atoms with Crippen molar-refractivity contribution in [3.05, 3.63) is 34.9 Å². The Bertz CT molecular complexity index is 507. The molecule has 2 saturated carbocycles. The molecule has 0 amide bonds. The van der Waals surface area contributed by atoms with Gasteiger partial charge in [-0.2, -0.15) is 0 Å². The minimum absolute atomic E-state index is 0.0360. The van der Waals surface area contributed by atoms with E-state index in [1.807, 2.05) is 18.2 Å². The zero-order valence-corrected chi connectivity index (χ0v) is 12.7. The Morgan fingerprint density at radius 3 is 2.65 bits per heavy atom. The van der Waals surface area contributed by atoms with Crippen LogP contribution in [0.3, 0.4) is 0 Å². The largest absolute Gasteiger partial charge is 0.469 e. The van der Waals surface area contributed by atoms with Gasteiger partial charge in [0, 0.05) is 5.02 Å². The Morgan fingerprint density at radius 1 is 1.30 bits per heavy atom. The molecule has 0 bridgehead atoms. The van der Waals surface area contributed by atoms with Crippen LogP contribution in [-0.2, 0) is 9.53 Å². The number of hydrogen-bond acceptors (Lipinski definition) is 2. The highest BCUT2D eigenvalue weighted by Gasteiger charge is 2.47. The number of hydrogen-bond donors (Lipinski definition) is 0. The molecule has 1 aromatic rings. The molecule has 3 heteroatoms. The van der Waals surface area contributed by atoms with Crippen molar-refractivity contribution in [2.24, 2.45) is 11.3 Å². The fourth-order valence-electron chi connectivity index (χ4n) is 4.04. The Hall–Kier alpha value is -1.02. The number of carbonyl (C=O) groups excluding carboxylic acids is 1. The van der Waals surface area contributed by atoms with Gasteiger partial charge in [-0.25, -0.2) is 0 Å². The minimum atomic E-state index is -0.0795. The van der Waals surface area contributed by atoms with E-state index in [1.54, 1.807) is 0 Å². The molecule has 0 radical (unpaired) electrons. The smallest absolute Gasteiger partial charge is 0.309 e. The van der Waals surface area contributed by atoms with Crippen LogP contribution in [0, 0.1) is 11.3 Å². The third-order valence-electron chi connectivity index (χ3n) is 5.35. The van der Waals surface area contributed by atoms with Crippen molar-refractivity contribution in [1.29, 1.82) is 0 Å². The number of ether oxygens (including phenoxy) is 1. The molecule has 0 aromatic heterocycles. The van der Waals surface area contributed by atoms with Crippen LogP contribution in [0.15, 0.2) is 24.3 Å². The van der Waals surface area contributed by atoms with E-state index < -0.39 is 0 Å². The van der Waals surface area contributed by atoms with Gasteiger partial charge in [-0.05, 0) is 55.1 Å². The number of benzene rings is 1. The van der Waals surface area contributed by atoms with Crippen LogP contribution in [0.5, 0.6) is 0 Å². The topological polar surface area (TPSA) is 26.3 Å². The number of halogens is 1. The summed E-state index contributed by atoms with van der Waals surface area (Å²) in [4.78, 5) is 12.1. The van der Waals surface area contributed by atoms with Gasteiger partial charge >= 0.3 is 5.97 Å². The fraction of sp³-hybridized carbons (Fsp3) is 0.588. The lowest BCUT2D eigenvalue weighted by atomic mass is 9.55. The Morgan fingerprint density at radius 2 is 2.05 bits per heavy atom. The quantitative estimate of drug-likeness (QED) is 0.747. The lowest BCUT2D eigenvalue weighted by molar-refractivity contribution is -0.149. The minimum Gasteiger partial charge on any atom is -0.469 e. The van der Waals surface area contributed by atoms with Crippen molar-refractivity contribution in [1.82, 2.24) is 0 Å². The van der Waals surface area contributed by atoms with Crippen LogP contribution in [0.25, 0.3) is 0 Å². The van der Waals surface area contributed by atoms with Gasteiger partial charge < -0.3 is 4.74 Å². The van der Waals surface area contributed by atoms with Crippen molar-refractivity contribution < 1.29 is 9.53 Å². The second-order valence-corrected chi connectivity index (χ2v) is 6.76. The molecule has 108 valence electrons. The first-order valence-corrected chi connectivity index (χ1v) is 7.85. The second-order valence-electron chi connectivity index (χ2n) is 6.35. The normalized spacial score (nSPS) is 27.9. The summed E-state index contributed by atoms with van der Waals surface area (Å²) in [5.41, 5.74) is 1.59. The van der Waals surface area contributed by atoms with E-state index >= 15 is 0 Å². The average Bonchev–Trinajstić information content (AvgIpc) is 2.45. The van der Waals surface area contributed by atoms with Gasteiger partial charge in [0.15, 0.2) is 0 Å². The summed E-state index contributed by atoms with van der Waals surface area (Å²) in [5, 5.41) is 0.780. The van der Waals surface area contributed by atoms with E-state index in [0.29, 0.717) is 5.41 Å². The van der Waals surface area contributed by atoms with Crippen LogP contribution in [0.1, 0.15) is 50.0 Å². The summed E-state index contributed by atoms with van der Waals surface area (Å²) < 4.78 is 5.02. The van der Waals surface area contributed by atoms with E-state index in [4.69, 9.17) is 16.3 Å². The number of methoxy groups -OCH3 is 1. The van der Waals surface area contributed by atoms with E-state index in [9.17, 15) is 4.79 Å². The molecule has 2 nitrogen and oxygen atoms in total. The Kier molecular flexibility index (Phi) is 3.76. The standard InChI is InChI=1S/C17H21ClO2/c1-20-16(19)13-7-10-17(8-4-9-17)11-14(13)12-5-2-3-6-15(12)18/h2-3,5-6,13-14H,4,7-11H2,1H3/t13-,14+/m1/s1. The zero-order valence-electron chi connectivity index (χ0n) is 11.9. The molecule has 2 fully saturated rings. The van der Waals surface area contributed by atoms with Gasteiger partial charge in [0.2, 0.25) is 0 Å². The predicted molar refractivity (Wildman–Crippen MR) is 79.8 cm³/mol. The maximum atomic E-state index is 12.1.